The van der Waals surface area contributed by atoms with Crippen LogP contribution >= 0.6 is 0 Å². The molecule has 25 heavy (non-hydrogen) atoms. The summed E-state index contributed by atoms with van der Waals surface area (Å²) in [5.74, 6) is -0.540. The number of primary amides is 1. The average molecular weight is 347 g/mol. The molecule has 6 nitrogen and oxygen atoms in total. The van der Waals surface area contributed by atoms with E-state index in [1.165, 1.54) is 0 Å². The number of amides is 2. The van der Waals surface area contributed by atoms with Crippen LogP contribution in [0.15, 0.2) is 30.3 Å². The third-order valence-corrected chi connectivity index (χ3v) is 4.64. The summed E-state index contributed by atoms with van der Waals surface area (Å²) in [5, 5.41) is 13.7. The molecular formula is C19H29N3O3. The molecule has 138 valence electrons. The summed E-state index contributed by atoms with van der Waals surface area (Å²) in [4.78, 5) is 25.8. The van der Waals surface area contributed by atoms with Gasteiger partial charge in [-0.3, -0.25) is 9.59 Å². The van der Waals surface area contributed by atoms with E-state index in [0.29, 0.717) is 13.1 Å². The Balaban J connectivity index is 2.15. The number of aliphatic hydroxyl groups is 1. The molecule has 0 radical (unpaired) electrons. The molecule has 2 amide bonds. The van der Waals surface area contributed by atoms with Gasteiger partial charge in [0, 0.05) is 25.9 Å². The van der Waals surface area contributed by atoms with E-state index in [0.717, 1.165) is 24.9 Å². The maximum atomic E-state index is 12.9. The van der Waals surface area contributed by atoms with E-state index in [9.17, 15) is 14.7 Å². The second kappa shape index (κ2) is 9.53. The third kappa shape index (κ3) is 6.14. The maximum Gasteiger partial charge on any atom is 0.223 e. The van der Waals surface area contributed by atoms with E-state index in [-0.39, 0.29) is 30.7 Å². The van der Waals surface area contributed by atoms with Crippen molar-refractivity contribution in [1.29, 1.82) is 0 Å². The first-order valence-corrected chi connectivity index (χ1v) is 8.98. The predicted octanol–water partition coefficient (Wildman–Crippen LogP) is 1.03. The van der Waals surface area contributed by atoms with Gasteiger partial charge in [-0.2, -0.15) is 0 Å². The van der Waals surface area contributed by atoms with E-state index >= 15 is 0 Å². The van der Waals surface area contributed by atoms with E-state index < -0.39 is 12.0 Å². The van der Waals surface area contributed by atoms with Crippen LogP contribution in [-0.2, 0) is 16.1 Å². The second-order valence-corrected chi connectivity index (χ2v) is 6.97. The fraction of sp³-hybridized carbons (Fsp3) is 0.579. The number of nitrogens with zero attached hydrogens (tertiary/aromatic N) is 1. The Kier molecular flexibility index (Phi) is 7.40. The summed E-state index contributed by atoms with van der Waals surface area (Å²) in [5.41, 5.74) is 6.27. The van der Waals surface area contributed by atoms with Crippen molar-refractivity contribution >= 4 is 11.8 Å². The maximum absolute atomic E-state index is 12.9. The first-order chi connectivity index (χ1) is 12.0. The molecule has 1 aliphatic heterocycles. The normalized spacial score (nSPS) is 22.0. The lowest BCUT2D eigenvalue weighted by atomic mass is 9.99. The van der Waals surface area contributed by atoms with Crippen LogP contribution in [0, 0.1) is 5.92 Å². The minimum atomic E-state index is -0.596. The highest BCUT2D eigenvalue weighted by Gasteiger charge is 2.31. The zero-order chi connectivity index (χ0) is 18.2. The van der Waals surface area contributed by atoms with Crippen molar-refractivity contribution in [3.8, 4) is 0 Å². The minimum Gasteiger partial charge on any atom is -0.390 e. The molecule has 1 aromatic rings. The Morgan fingerprint density at radius 3 is 2.72 bits per heavy atom. The first-order valence-electron chi connectivity index (χ1n) is 8.98. The smallest absolute Gasteiger partial charge is 0.223 e. The fourth-order valence-electron chi connectivity index (χ4n) is 3.38. The molecule has 1 heterocycles. The molecule has 1 fully saturated rings. The van der Waals surface area contributed by atoms with Crippen LogP contribution in [0.1, 0.15) is 38.2 Å². The second-order valence-electron chi connectivity index (χ2n) is 6.97. The molecule has 0 spiro atoms. The molecule has 0 aromatic heterocycles. The molecule has 0 bridgehead atoms. The molecular weight excluding hydrogens is 318 g/mol. The number of nitrogens with two attached hydrogens (primary N) is 1. The number of carbonyl (C=O) groups excluding carboxylic acids is 2. The monoisotopic (exact) mass is 347 g/mol. The molecule has 6 heteroatoms. The van der Waals surface area contributed by atoms with Gasteiger partial charge in [0.15, 0.2) is 0 Å². The molecule has 0 aliphatic carbocycles. The van der Waals surface area contributed by atoms with Gasteiger partial charge in [0.2, 0.25) is 11.8 Å². The summed E-state index contributed by atoms with van der Waals surface area (Å²) in [6.07, 6.45) is 1.53. The van der Waals surface area contributed by atoms with Gasteiger partial charge in [0.1, 0.15) is 0 Å². The van der Waals surface area contributed by atoms with Gasteiger partial charge in [-0.05, 0) is 30.9 Å². The van der Waals surface area contributed by atoms with E-state index in [4.69, 9.17) is 5.73 Å². The Morgan fingerprint density at radius 1 is 1.32 bits per heavy atom. The van der Waals surface area contributed by atoms with E-state index in [1.54, 1.807) is 4.90 Å². The van der Waals surface area contributed by atoms with E-state index in [2.05, 4.69) is 5.32 Å². The molecule has 0 saturated carbocycles. The highest BCUT2D eigenvalue weighted by Crippen LogP contribution is 2.21. The van der Waals surface area contributed by atoms with Gasteiger partial charge in [-0.1, -0.05) is 37.3 Å². The van der Waals surface area contributed by atoms with Crippen molar-refractivity contribution in [3.63, 3.8) is 0 Å². The quantitative estimate of drug-likeness (QED) is 0.686. The number of β-amino-alcohol motifs (C(OH)–C–C–N with tert-alkyl or cyclic N) is 1. The largest absolute Gasteiger partial charge is 0.390 e. The number of carbonyl (C=O) groups is 2. The molecule has 1 saturated heterocycles. The minimum absolute atomic E-state index is 0.0384. The lowest BCUT2D eigenvalue weighted by Gasteiger charge is -2.35. The average Bonchev–Trinajstić information content (AvgIpc) is 2.77. The number of aliphatic hydroxyl groups excluding tert-OH is 1. The van der Waals surface area contributed by atoms with E-state index in [1.807, 2.05) is 37.3 Å². The summed E-state index contributed by atoms with van der Waals surface area (Å²) < 4.78 is 0. The summed E-state index contributed by atoms with van der Waals surface area (Å²) in [6.45, 7) is 3.65. The summed E-state index contributed by atoms with van der Waals surface area (Å²) in [7, 11) is 0. The van der Waals surface area contributed by atoms with Crippen molar-refractivity contribution in [1.82, 2.24) is 10.2 Å². The Labute approximate surface area is 149 Å². The van der Waals surface area contributed by atoms with Gasteiger partial charge < -0.3 is 21.1 Å². The molecule has 1 aliphatic rings. The van der Waals surface area contributed by atoms with Crippen molar-refractivity contribution in [2.75, 3.05) is 13.1 Å². The van der Waals surface area contributed by atoms with Crippen LogP contribution in [0.4, 0.5) is 0 Å². The van der Waals surface area contributed by atoms with Crippen molar-refractivity contribution < 1.29 is 14.7 Å². The fourth-order valence-corrected chi connectivity index (χ4v) is 3.38. The van der Waals surface area contributed by atoms with Crippen LogP contribution in [0.2, 0.25) is 0 Å². The van der Waals surface area contributed by atoms with Crippen molar-refractivity contribution in [3.05, 3.63) is 35.9 Å². The molecule has 2 rings (SSSR count). The van der Waals surface area contributed by atoms with Crippen molar-refractivity contribution in [2.45, 2.75) is 51.3 Å². The third-order valence-electron chi connectivity index (χ3n) is 4.64. The number of hydrogen-bond donors (Lipinski definition) is 3. The van der Waals surface area contributed by atoms with Gasteiger partial charge in [-0.15, -0.1) is 0 Å². The van der Waals surface area contributed by atoms with Crippen LogP contribution in [0.5, 0.6) is 0 Å². The first kappa shape index (κ1) is 19.4. The summed E-state index contributed by atoms with van der Waals surface area (Å²) in [6, 6.07) is 9.57. The van der Waals surface area contributed by atoms with Gasteiger partial charge >= 0.3 is 0 Å². The molecule has 4 N–H and O–H groups in total. The molecule has 3 atom stereocenters. The number of rotatable bonds is 7. The van der Waals surface area contributed by atoms with Gasteiger partial charge in [0.25, 0.3) is 0 Å². The Bertz CT molecular complexity index is 564. The number of benzene rings is 1. The standard InChI is InChI=1S/C19H29N3O3/c1-14(10-18(20)24)11-19(25)22(13-15-6-3-2-4-7-15)16-8-5-9-21-12-17(16)23/h2-4,6-7,14,16-17,21,23H,5,8-13H2,1H3,(H2,20,24)/t14-,16?,17?/m0/s1. The lowest BCUT2D eigenvalue weighted by molar-refractivity contribution is -0.138. The SMILES string of the molecule is C[C@@H](CC(N)=O)CC(=O)N(Cc1ccccc1)C1CCCNCC1O. The summed E-state index contributed by atoms with van der Waals surface area (Å²) >= 11 is 0. The highest BCUT2D eigenvalue weighted by atomic mass is 16.3. The van der Waals surface area contributed by atoms with Gasteiger partial charge in [0.05, 0.1) is 12.1 Å². The molecule has 1 aromatic carbocycles. The van der Waals surface area contributed by atoms with Crippen molar-refractivity contribution in [2.24, 2.45) is 11.7 Å². The zero-order valence-electron chi connectivity index (χ0n) is 14.9. The van der Waals surface area contributed by atoms with Gasteiger partial charge in [-0.25, -0.2) is 0 Å². The Morgan fingerprint density at radius 2 is 2.04 bits per heavy atom. The predicted molar refractivity (Wildman–Crippen MR) is 96.5 cm³/mol. The number of hydrogen-bond acceptors (Lipinski definition) is 4. The Hall–Kier alpha value is -1.92. The lowest BCUT2D eigenvalue weighted by Crippen LogP contribution is -2.48. The zero-order valence-corrected chi connectivity index (χ0v) is 14.9. The number of nitrogens with one attached hydrogen (secondary N) is 1. The molecule has 2 unspecified atom stereocenters. The topological polar surface area (TPSA) is 95.7 Å². The van der Waals surface area contributed by atoms with Crippen LogP contribution in [-0.4, -0.2) is 47.1 Å². The van der Waals surface area contributed by atoms with Crippen LogP contribution < -0.4 is 11.1 Å². The van der Waals surface area contributed by atoms with Crippen LogP contribution in [0.25, 0.3) is 0 Å². The van der Waals surface area contributed by atoms with Crippen LogP contribution in [0.3, 0.4) is 0 Å². The highest BCUT2D eigenvalue weighted by molar-refractivity contribution is 5.79.